The largest absolute Gasteiger partial charge is 0.497 e. The molecule has 1 saturated carbocycles. The maximum atomic E-state index is 5.73. The van der Waals surface area contributed by atoms with Crippen LogP contribution >= 0.6 is 0 Å². The summed E-state index contributed by atoms with van der Waals surface area (Å²) in [5.74, 6) is 2.62. The van der Waals surface area contributed by atoms with E-state index in [0.717, 1.165) is 42.1 Å². The van der Waals surface area contributed by atoms with Gasteiger partial charge in [-0.15, -0.1) is 0 Å². The van der Waals surface area contributed by atoms with E-state index in [1.165, 1.54) is 18.4 Å². The molecule has 2 aromatic rings. The van der Waals surface area contributed by atoms with Crippen molar-refractivity contribution in [1.82, 2.24) is 15.2 Å². The Labute approximate surface area is 149 Å². The van der Waals surface area contributed by atoms with E-state index >= 15 is 0 Å². The van der Waals surface area contributed by atoms with Crippen LogP contribution in [0.25, 0.3) is 0 Å². The molecule has 0 radical (unpaired) electrons. The number of nitrogens with zero attached hydrogens (tertiary/aromatic N) is 2. The van der Waals surface area contributed by atoms with Crippen molar-refractivity contribution in [2.45, 2.75) is 57.8 Å². The molecule has 1 N–H and O–H groups in total. The van der Waals surface area contributed by atoms with Gasteiger partial charge in [-0.1, -0.05) is 12.1 Å². The van der Waals surface area contributed by atoms with Gasteiger partial charge in [0.1, 0.15) is 11.5 Å². The van der Waals surface area contributed by atoms with E-state index in [0.29, 0.717) is 18.6 Å². The fraction of sp³-hybridized carbons (Fsp3) is 0.550. The summed E-state index contributed by atoms with van der Waals surface area (Å²) in [4.78, 5) is 7.17. The van der Waals surface area contributed by atoms with E-state index in [1.54, 1.807) is 7.11 Å². The second kappa shape index (κ2) is 6.81. The van der Waals surface area contributed by atoms with Crippen LogP contribution in [0.15, 0.2) is 28.7 Å². The summed E-state index contributed by atoms with van der Waals surface area (Å²) in [7, 11) is 1.73. The third kappa shape index (κ3) is 3.44. The normalized spacial score (nSPS) is 24.0. The number of rotatable bonds is 6. The van der Waals surface area contributed by atoms with Crippen molar-refractivity contribution in [3.63, 3.8) is 0 Å². The number of nitrogens with one attached hydrogen (secondary N) is 1. The number of methoxy groups -OCH3 is 1. The zero-order valence-corrected chi connectivity index (χ0v) is 15.3. The van der Waals surface area contributed by atoms with Gasteiger partial charge < -0.3 is 14.5 Å². The van der Waals surface area contributed by atoms with Crippen LogP contribution in [0.4, 0.5) is 0 Å². The number of ether oxygens (including phenoxy) is 1. The second-order valence-corrected chi connectivity index (χ2v) is 7.22. The summed E-state index contributed by atoms with van der Waals surface area (Å²) >= 11 is 0. The van der Waals surface area contributed by atoms with Crippen LogP contribution in [0.2, 0.25) is 0 Å². The first-order valence-electron chi connectivity index (χ1n) is 9.21. The number of benzene rings is 1. The molecular formula is C20H27N3O2. The molecule has 1 aromatic carbocycles. The summed E-state index contributed by atoms with van der Waals surface area (Å²) in [6, 6.07) is 10.0. The molecule has 1 saturated heterocycles. The van der Waals surface area contributed by atoms with Gasteiger partial charge >= 0.3 is 0 Å². The predicted molar refractivity (Wildman–Crippen MR) is 96.7 cm³/mol. The van der Waals surface area contributed by atoms with Gasteiger partial charge in [0.2, 0.25) is 5.89 Å². The minimum Gasteiger partial charge on any atom is -0.497 e. The Bertz CT molecular complexity index is 719. The Kier molecular flexibility index (Phi) is 4.52. The second-order valence-electron chi connectivity index (χ2n) is 7.22. The molecule has 134 valence electrons. The van der Waals surface area contributed by atoms with Crippen LogP contribution in [0, 0.1) is 13.8 Å². The first kappa shape index (κ1) is 16.6. The van der Waals surface area contributed by atoms with Crippen LogP contribution in [-0.2, 0) is 6.54 Å². The van der Waals surface area contributed by atoms with Crippen molar-refractivity contribution in [3.05, 3.63) is 47.2 Å². The fourth-order valence-electron chi connectivity index (χ4n) is 3.93. The molecule has 2 aliphatic rings. The molecule has 5 nitrogen and oxygen atoms in total. The van der Waals surface area contributed by atoms with E-state index < -0.39 is 0 Å². The van der Waals surface area contributed by atoms with Gasteiger partial charge in [0.05, 0.1) is 25.4 Å². The summed E-state index contributed by atoms with van der Waals surface area (Å²) in [5.41, 5.74) is 2.31. The highest BCUT2D eigenvalue weighted by molar-refractivity contribution is 5.32. The molecule has 1 aliphatic heterocycles. The van der Waals surface area contributed by atoms with Gasteiger partial charge in [-0.05, 0) is 50.8 Å². The van der Waals surface area contributed by atoms with Crippen LogP contribution in [0.3, 0.4) is 0 Å². The molecule has 25 heavy (non-hydrogen) atoms. The standard InChI is InChI=1S/C20H27N3O2/c1-13-14(2)25-19(22-13)12-21-18-9-10-23(16-7-8-16)20(18)15-5-4-6-17(11-15)24-3/h4-6,11,16,18,20-21H,7-10,12H2,1-3H3/t18-,20+/m1/s1. The number of likely N-dealkylation sites (tertiary alicyclic amines) is 1. The van der Waals surface area contributed by atoms with Crippen molar-refractivity contribution in [2.75, 3.05) is 13.7 Å². The highest BCUT2D eigenvalue weighted by atomic mass is 16.5. The average Bonchev–Trinajstić information content (AvgIpc) is 3.30. The fourth-order valence-corrected chi connectivity index (χ4v) is 3.93. The lowest BCUT2D eigenvalue weighted by atomic mass is 9.99. The first-order chi connectivity index (χ1) is 12.2. The molecule has 0 bridgehead atoms. The Hall–Kier alpha value is -1.85. The highest BCUT2D eigenvalue weighted by Gasteiger charge is 2.42. The van der Waals surface area contributed by atoms with Gasteiger partial charge in [-0.25, -0.2) is 4.98 Å². The van der Waals surface area contributed by atoms with Crippen LogP contribution < -0.4 is 10.1 Å². The minimum atomic E-state index is 0.389. The molecule has 1 aromatic heterocycles. The smallest absolute Gasteiger partial charge is 0.208 e. The lowest BCUT2D eigenvalue weighted by Gasteiger charge is -2.29. The summed E-state index contributed by atoms with van der Waals surface area (Å²) in [6.45, 7) is 5.78. The number of hydrogen-bond donors (Lipinski definition) is 1. The Morgan fingerprint density at radius 2 is 2.12 bits per heavy atom. The Morgan fingerprint density at radius 1 is 1.28 bits per heavy atom. The molecule has 2 atom stereocenters. The number of aromatic nitrogens is 1. The monoisotopic (exact) mass is 341 g/mol. The van der Waals surface area contributed by atoms with Crippen molar-refractivity contribution in [2.24, 2.45) is 0 Å². The van der Waals surface area contributed by atoms with E-state index in [9.17, 15) is 0 Å². The van der Waals surface area contributed by atoms with Crippen LogP contribution in [-0.4, -0.2) is 35.6 Å². The molecule has 0 spiro atoms. The molecule has 2 heterocycles. The van der Waals surface area contributed by atoms with E-state index in [4.69, 9.17) is 9.15 Å². The molecule has 0 unspecified atom stereocenters. The van der Waals surface area contributed by atoms with Crippen LogP contribution in [0.1, 0.15) is 48.2 Å². The lowest BCUT2D eigenvalue weighted by molar-refractivity contribution is 0.224. The zero-order valence-electron chi connectivity index (χ0n) is 15.3. The molecule has 1 aliphatic carbocycles. The van der Waals surface area contributed by atoms with Gasteiger partial charge in [0.15, 0.2) is 0 Å². The number of aryl methyl sites for hydroxylation is 2. The average molecular weight is 341 g/mol. The maximum absolute atomic E-state index is 5.73. The maximum Gasteiger partial charge on any atom is 0.208 e. The van der Waals surface area contributed by atoms with Crippen LogP contribution in [0.5, 0.6) is 5.75 Å². The molecule has 4 rings (SSSR count). The topological polar surface area (TPSA) is 50.5 Å². The SMILES string of the molecule is COc1cccc([C@H]2[C@H](NCc3nc(C)c(C)o3)CCN2C2CC2)c1. The number of oxazole rings is 1. The third-order valence-electron chi connectivity index (χ3n) is 5.48. The summed E-state index contributed by atoms with van der Waals surface area (Å²) < 4.78 is 11.2. The quantitative estimate of drug-likeness (QED) is 0.873. The van der Waals surface area contributed by atoms with Gasteiger partial charge in [0, 0.05) is 18.6 Å². The molecule has 0 amide bonds. The minimum absolute atomic E-state index is 0.389. The Morgan fingerprint density at radius 3 is 2.80 bits per heavy atom. The highest BCUT2D eigenvalue weighted by Crippen LogP contribution is 2.41. The predicted octanol–water partition coefficient (Wildman–Crippen LogP) is 3.37. The molecule has 5 heteroatoms. The molecule has 2 fully saturated rings. The summed E-state index contributed by atoms with van der Waals surface area (Å²) in [5, 5.41) is 3.70. The third-order valence-corrected chi connectivity index (χ3v) is 5.48. The lowest BCUT2D eigenvalue weighted by Crippen LogP contribution is -2.36. The Balaban J connectivity index is 1.52. The van der Waals surface area contributed by atoms with Gasteiger partial charge in [-0.3, -0.25) is 4.90 Å². The van der Waals surface area contributed by atoms with Crippen molar-refractivity contribution >= 4 is 0 Å². The first-order valence-corrected chi connectivity index (χ1v) is 9.21. The van der Waals surface area contributed by atoms with E-state index in [1.807, 2.05) is 19.9 Å². The van der Waals surface area contributed by atoms with Crippen molar-refractivity contribution in [1.29, 1.82) is 0 Å². The number of hydrogen-bond acceptors (Lipinski definition) is 5. The van der Waals surface area contributed by atoms with Crippen molar-refractivity contribution < 1.29 is 9.15 Å². The van der Waals surface area contributed by atoms with Gasteiger partial charge in [-0.2, -0.15) is 0 Å². The summed E-state index contributed by atoms with van der Waals surface area (Å²) in [6.07, 6.45) is 3.80. The molecular weight excluding hydrogens is 314 g/mol. The van der Waals surface area contributed by atoms with E-state index in [2.05, 4.69) is 33.4 Å². The van der Waals surface area contributed by atoms with E-state index in [-0.39, 0.29) is 0 Å². The van der Waals surface area contributed by atoms with Gasteiger partial charge in [0.25, 0.3) is 0 Å². The zero-order chi connectivity index (χ0) is 17.4. The van der Waals surface area contributed by atoms with Crippen molar-refractivity contribution in [3.8, 4) is 5.75 Å².